The number of furan rings is 1. The van der Waals surface area contributed by atoms with Crippen LogP contribution in [0.1, 0.15) is 34.2 Å². The van der Waals surface area contributed by atoms with E-state index in [4.69, 9.17) is 13.9 Å². The van der Waals surface area contributed by atoms with Crippen molar-refractivity contribution in [3.05, 3.63) is 53.0 Å². The van der Waals surface area contributed by atoms with E-state index in [0.717, 1.165) is 23.3 Å². The topological polar surface area (TPSA) is 70.7 Å². The third kappa shape index (κ3) is 3.74. The summed E-state index contributed by atoms with van der Waals surface area (Å²) >= 11 is 0. The molecule has 6 nitrogen and oxygen atoms in total. The first kappa shape index (κ1) is 18.8. The van der Waals surface area contributed by atoms with Crippen LogP contribution < -0.4 is 4.74 Å². The molecule has 0 spiro atoms. The Morgan fingerprint density at radius 2 is 1.96 bits per heavy atom. The van der Waals surface area contributed by atoms with Gasteiger partial charge in [-0.25, -0.2) is 0 Å². The molecule has 1 aromatic carbocycles. The Balaban J connectivity index is 1.64. The van der Waals surface area contributed by atoms with Crippen LogP contribution in [0.25, 0.3) is 11.0 Å². The van der Waals surface area contributed by atoms with Gasteiger partial charge in [-0.3, -0.25) is 9.59 Å². The predicted molar refractivity (Wildman–Crippen MR) is 101 cm³/mol. The van der Waals surface area contributed by atoms with E-state index in [1.165, 1.54) is 6.26 Å². The lowest BCUT2D eigenvalue weighted by molar-refractivity contribution is -0.141. The number of hydrogen-bond acceptors (Lipinski definition) is 5. The van der Waals surface area contributed by atoms with E-state index in [2.05, 4.69) is 4.57 Å². The number of methoxy groups -OCH3 is 1. The van der Waals surface area contributed by atoms with Crippen molar-refractivity contribution < 1.29 is 23.5 Å². The van der Waals surface area contributed by atoms with E-state index in [-0.39, 0.29) is 18.8 Å². The minimum absolute atomic E-state index is 0.0423. The Morgan fingerprint density at radius 3 is 2.63 bits per heavy atom. The average Bonchev–Trinajstić information content (AvgIpc) is 3.19. The number of hydrogen-bond donors (Lipinski definition) is 0. The summed E-state index contributed by atoms with van der Waals surface area (Å²) in [5.74, 6) is 0.0188. The molecule has 0 unspecified atom stereocenters. The Morgan fingerprint density at radius 1 is 1.19 bits per heavy atom. The second-order valence-electron chi connectivity index (χ2n) is 6.41. The molecule has 0 aliphatic heterocycles. The van der Waals surface area contributed by atoms with Gasteiger partial charge in [-0.2, -0.15) is 0 Å². The third-order valence-electron chi connectivity index (χ3n) is 4.75. The maximum atomic E-state index is 12.4. The smallest absolute Gasteiger partial charge is 0.310 e. The molecule has 2 aromatic heterocycles. The number of fused-ring (bicyclic) bond motifs is 1. The van der Waals surface area contributed by atoms with Gasteiger partial charge in [0.2, 0.25) is 5.78 Å². The van der Waals surface area contributed by atoms with Crippen LogP contribution in [0, 0.1) is 13.8 Å². The Hall–Kier alpha value is -3.02. The summed E-state index contributed by atoms with van der Waals surface area (Å²) in [5, 5.41) is 0.825. The molecule has 0 N–H and O–H groups in total. The molecule has 142 valence electrons. The van der Waals surface area contributed by atoms with Crippen LogP contribution >= 0.6 is 0 Å². The fourth-order valence-electron chi connectivity index (χ4n) is 3.33. The van der Waals surface area contributed by atoms with E-state index in [9.17, 15) is 9.59 Å². The molecule has 27 heavy (non-hydrogen) atoms. The molecular formula is C21H23NO5. The van der Waals surface area contributed by atoms with Crippen LogP contribution in [0.2, 0.25) is 0 Å². The van der Waals surface area contributed by atoms with Gasteiger partial charge < -0.3 is 18.5 Å². The molecule has 0 aliphatic carbocycles. The molecule has 0 aliphatic rings. The van der Waals surface area contributed by atoms with Crippen LogP contribution in [0.4, 0.5) is 0 Å². The van der Waals surface area contributed by atoms with E-state index < -0.39 is 5.97 Å². The van der Waals surface area contributed by atoms with Crippen molar-refractivity contribution in [1.82, 2.24) is 4.57 Å². The first-order valence-corrected chi connectivity index (χ1v) is 8.84. The molecule has 0 radical (unpaired) electrons. The summed E-state index contributed by atoms with van der Waals surface area (Å²) in [7, 11) is 1.58. The zero-order valence-electron chi connectivity index (χ0n) is 16.0. The largest absolute Gasteiger partial charge is 0.497 e. The summed E-state index contributed by atoms with van der Waals surface area (Å²) in [6.07, 6.45) is 1.57. The van der Waals surface area contributed by atoms with Gasteiger partial charge in [0.1, 0.15) is 11.3 Å². The quantitative estimate of drug-likeness (QED) is 0.467. The Labute approximate surface area is 157 Å². The number of esters is 1. The van der Waals surface area contributed by atoms with Gasteiger partial charge >= 0.3 is 5.97 Å². The second-order valence-corrected chi connectivity index (χ2v) is 6.41. The van der Waals surface area contributed by atoms with Gasteiger partial charge in [0.25, 0.3) is 0 Å². The number of benzene rings is 1. The number of rotatable bonds is 7. The fourth-order valence-corrected chi connectivity index (χ4v) is 3.33. The third-order valence-corrected chi connectivity index (χ3v) is 4.75. The Bertz CT molecular complexity index is 996. The molecule has 3 aromatic rings. The van der Waals surface area contributed by atoms with Crippen LogP contribution in [-0.2, 0) is 22.5 Å². The summed E-state index contributed by atoms with van der Waals surface area (Å²) in [4.78, 5) is 24.6. The zero-order chi connectivity index (χ0) is 19.6. The van der Waals surface area contributed by atoms with Gasteiger partial charge in [-0.1, -0.05) is 0 Å². The number of ether oxygens (including phenoxy) is 2. The highest BCUT2D eigenvalue weighted by atomic mass is 16.5. The van der Waals surface area contributed by atoms with Crippen LogP contribution in [0.3, 0.4) is 0 Å². The van der Waals surface area contributed by atoms with Crippen molar-refractivity contribution in [1.29, 1.82) is 0 Å². The minimum atomic E-state index is -0.467. The number of aromatic nitrogens is 1. The maximum Gasteiger partial charge on any atom is 0.310 e. The van der Waals surface area contributed by atoms with E-state index >= 15 is 0 Å². The molecule has 0 bridgehead atoms. The standard InChI is InChI=1S/C21H23NO5/c1-5-22-13(2)8-18(14(22)3)19(23)12-27-21(24)9-15-11-26-20-10-16(25-4)6-7-17(15)20/h6-8,10-11H,5,9,12H2,1-4H3. The highest BCUT2D eigenvalue weighted by Crippen LogP contribution is 2.26. The van der Waals surface area contributed by atoms with Gasteiger partial charge in [0, 0.05) is 40.5 Å². The summed E-state index contributed by atoms with van der Waals surface area (Å²) in [6.45, 7) is 6.41. The predicted octanol–water partition coefficient (Wildman–Crippen LogP) is 3.85. The summed E-state index contributed by atoms with van der Waals surface area (Å²) < 4.78 is 17.9. The van der Waals surface area contributed by atoms with Crippen molar-refractivity contribution in [3.8, 4) is 5.75 Å². The van der Waals surface area contributed by atoms with Crippen LogP contribution in [0.5, 0.6) is 5.75 Å². The lowest BCUT2D eigenvalue weighted by Crippen LogP contribution is -2.16. The first-order chi connectivity index (χ1) is 12.9. The van der Waals surface area contributed by atoms with Crippen LogP contribution in [0.15, 0.2) is 34.9 Å². The molecule has 2 heterocycles. The van der Waals surface area contributed by atoms with Crippen molar-refractivity contribution in [2.24, 2.45) is 0 Å². The summed E-state index contributed by atoms with van der Waals surface area (Å²) in [6, 6.07) is 7.24. The fraction of sp³-hybridized carbons (Fsp3) is 0.333. The normalized spacial score (nSPS) is 11.0. The monoisotopic (exact) mass is 369 g/mol. The molecule has 6 heteroatoms. The van der Waals surface area contributed by atoms with Gasteiger partial charge in [-0.15, -0.1) is 0 Å². The SMILES string of the molecule is CCn1c(C)cc(C(=O)COC(=O)Cc2coc3cc(OC)ccc23)c1C. The highest BCUT2D eigenvalue weighted by Gasteiger charge is 2.18. The van der Waals surface area contributed by atoms with Gasteiger partial charge in [0.05, 0.1) is 19.8 Å². The number of carbonyl (C=O) groups is 2. The average molecular weight is 369 g/mol. The number of nitrogens with zero attached hydrogens (tertiary/aromatic N) is 1. The maximum absolute atomic E-state index is 12.4. The first-order valence-electron chi connectivity index (χ1n) is 8.84. The van der Waals surface area contributed by atoms with Crippen molar-refractivity contribution >= 4 is 22.7 Å². The molecule has 0 fully saturated rings. The zero-order valence-corrected chi connectivity index (χ0v) is 16.0. The van der Waals surface area contributed by atoms with Crippen molar-refractivity contribution in [2.45, 2.75) is 33.7 Å². The lowest BCUT2D eigenvalue weighted by atomic mass is 10.1. The van der Waals surface area contributed by atoms with Crippen molar-refractivity contribution in [3.63, 3.8) is 0 Å². The molecule has 0 saturated heterocycles. The van der Waals surface area contributed by atoms with E-state index in [0.29, 0.717) is 22.5 Å². The van der Waals surface area contributed by atoms with Gasteiger partial charge in [-0.05, 0) is 39.0 Å². The molecule has 0 saturated carbocycles. The molecule has 0 amide bonds. The molecule has 0 atom stereocenters. The van der Waals surface area contributed by atoms with Crippen LogP contribution in [-0.4, -0.2) is 30.0 Å². The number of ketones is 1. The highest BCUT2D eigenvalue weighted by molar-refractivity contribution is 5.99. The number of carbonyl (C=O) groups excluding carboxylic acids is 2. The Kier molecular flexibility index (Phi) is 5.35. The molecule has 3 rings (SSSR count). The molecular weight excluding hydrogens is 346 g/mol. The van der Waals surface area contributed by atoms with Gasteiger partial charge in [0.15, 0.2) is 6.61 Å². The minimum Gasteiger partial charge on any atom is -0.497 e. The van der Waals surface area contributed by atoms with E-state index in [1.54, 1.807) is 19.2 Å². The summed E-state index contributed by atoms with van der Waals surface area (Å²) in [5.41, 5.74) is 3.87. The second kappa shape index (κ2) is 7.70. The van der Waals surface area contributed by atoms with Crippen molar-refractivity contribution in [2.75, 3.05) is 13.7 Å². The lowest BCUT2D eigenvalue weighted by Gasteiger charge is -2.06. The number of aryl methyl sites for hydroxylation is 1. The number of Topliss-reactive ketones (excluding diaryl/α,β-unsaturated/α-hetero) is 1. The van der Waals surface area contributed by atoms with E-state index in [1.807, 2.05) is 32.9 Å².